The van der Waals surface area contributed by atoms with E-state index in [4.69, 9.17) is 16.4 Å². The highest BCUT2D eigenvalue weighted by Gasteiger charge is 1.97. The lowest BCUT2D eigenvalue weighted by atomic mass is 10.2. The Hall–Kier alpha value is -2.26. The van der Waals surface area contributed by atoms with E-state index in [1.807, 2.05) is 30.3 Å². The van der Waals surface area contributed by atoms with Crippen LogP contribution in [0.2, 0.25) is 5.02 Å². The van der Waals surface area contributed by atoms with Gasteiger partial charge >= 0.3 is 0 Å². The Kier molecular flexibility index (Phi) is 4.59. The van der Waals surface area contributed by atoms with Crippen molar-refractivity contribution in [2.45, 2.75) is 0 Å². The summed E-state index contributed by atoms with van der Waals surface area (Å²) in [5.74, 6) is 0.185. The van der Waals surface area contributed by atoms with Gasteiger partial charge in [0.05, 0.1) is 0 Å². The summed E-state index contributed by atoms with van der Waals surface area (Å²) in [4.78, 5) is 16.6. The number of nitrogens with one attached hydrogen (secondary N) is 1. The Morgan fingerprint density at radius 3 is 2.42 bits per heavy atom. The molecular weight excluding hydrogens is 262 g/mol. The Morgan fingerprint density at radius 1 is 1.05 bits per heavy atom. The van der Waals surface area contributed by atoms with E-state index < -0.39 is 0 Å². The second kappa shape index (κ2) is 6.61. The maximum Gasteiger partial charge on any atom is 0.276 e. The minimum absolute atomic E-state index is 0.334. The molecule has 0 aliphatic rings. The van der Waals surface area contributed by atoms with Crippen LogP contribution >= 0.6 is 11.6 Å². The number of amides is 1. The number of carbonyl (C=O) groups is 1. The van der Waals surface area contributed by atoms with Gasteiger partial charge in [-0.2, -0.15) is 5.48 Å². The van der Waals surface area contributed by atoms with Gasteiger partial charge in [-0.3, -0.25) is 4.79 Å². The normalized spacial score (nSPS) is 10.4. The van der Waals surface area contributed by atoms with Crippen LogP contribution in [-0.2, 0) is 4.79 Å². The van der Waals surface area contributed by atoms with Crippen LogP contribution in [0.4, 0.5) is 0 Å². The highest BCUT2D eigenvalue weighted by Crippen LogP contribution is 2.14. The van der Waals surface area contributed by atoms with Crippen molar-refractivity contribution in [2.24, 2.45) is 0 Å². The fourth-order valence-corrected chi connectivity index (χ4v) is 1.51. The van der Waals surface area contributed by atoms with Gasteiger partial charge in [0.25, 0.3) is 5.91 Å². The fourth-order valence-electron chi connectivity index (χ4n) is 1.38. The van der Waals surface area contributed by atoms with Crippen LogP contribution in [0.15, 0.2) is 60.7 Å². The minimum atomic E-state index is -0.334. The summed E-state index contributed by atoms with van der Waals surface area (Å²) in [7, 11) is 0. The summed E-state index contributed by atoms with van der Waals surface area (Å²) < 4.78 is 0. The molecule has 0 aromatic heterocycles. The molecule has 0 atom stereocenters. The van der Waals surface area contributed by atoms with Crippen LogP contribution in [0.1, 0.15) is 5.56 Å². The Morgan fingerprint density at radius 2 is 1.74 bits per heavy atom. The summed E-state index contributed by atoms with van der Waals surface area (Å²) in [6.45, 7) is 0. The molecule has 0 fully saturated rings. The third-order valence-electron chi connectivity index (χ3n) is 2.31. The molecule has 0 spiro atoms. The number of halogens is 1. The smallest absolute Gasteiger partial charge is 0.276 e. The first-order chi connectivity index (χ1) is 9.24. The van der Waals surface area contributed by atoms with Gasteiger partial charge in [0.2, 0.25) is 0 Å². The van der Waals surface area contributed by atoms with Crippen molar-refractivity contribution < 1.29 is 9.63 Å². The minimum Gasteiger partial charge on any atom is -0.379 e. The number of hydrogen-bond acceptors (Lipinski definition) is 2. The topological polar surface area (TPSA) is 38.3 Å². The fraction of sp³-hybridized carbons (Fsp3) is 0. The van der Waals surface area contributed by atoms with Crippen LogP contribution in [-0.4, -0.2) is 5.91 Å². The number of benzene rings is 2. The third kappa shape index (κ3) is 4.48. The maximum atomic E-state index is 11.5. The van der Waals surface area contributed by atoms with Crippen LogP contribution in [0.5, 0.6) is 5.75 Å². The highest BCUT2D eigenvalue weighted by molar-refractivity contribution is 6.30. The van der Waals surface area contributed by atoms with Gasteiger partial charge < -0.3 is 4.84 Å². The molecule has 0 saturated carbocycles. The van der Waals surface area contributed by atoms with Crippen molar-refractivity contribution in [1.82, 2.24) is 5.48 Å². The van der Waals surface area contributed by atoms with Crippen LogP contribution < -0.4 is 10.3 Å². The molecule has 2 rings (SSSR count). The van der Waals surface area contributed by atoms with Crippen LogP contribution in [0, 0.1) is 0 Å². The Balaban J connectivity index is 1.85. The number of carbonyl (C=O) groups excluding carboxylic acids is 1. The lowest BCUT2D eigenvalue weighted by molar-refractivity contribution is -0.122. The predicted octanol–water partition coefficient (Wildman–Crippen LogP) is 3.46. The number of rotatable bonds is 4. The van der Waals surface area contributed by atoms with E-state index in [0.29, 0.717) is 10.8 Å². The van der Waals surface area contributed by atoms with Gasteiger partial charge in [-0.1, -0.05) is 41.9 Å². The molecule has 0 bridgehead atoms. The first kappa shape index (κ1) is 13.2. The monoisotopic (exact) mass is 273 g/mol. The number of hydrogen-bond donors (Lipinski definition) is 1. The van der Waals surface area contributed by atoms with Crippen LogP contribution in [0.3, 0.4) is 0 Å². The molecule has 0 saturated heterocycles. The van der Waals surface area contributed by atoms with Gasteiger partial charge in [-0.15, -0.1) is 0 Å². The van der Waals surface area contributed by atoms with Crippen molar-refractivity contribution in [2.75, 3.05) is 0 Å². The largest absolute Gasteiger partial charge is 0.379 e. The molecule has 4 heteroatoms. The SMILES string of the molecule is O=C(/C=C/c1ccccc1)NOc1ccc(Cl)cc1. The van der Waals surface area contributed by atoms with E-state index in [-0.39, 0.29) is 5.91 Å². The molecule has 0 aliphatic heterocycles. The molecule has 1 amide bonds. The summed E-state index contributed by atoms with van der Waals surface area (Å²) in [5.41, 5.74) is 3.27. The molecule has 96 valence electrons. The van der Waals surface area contributed by atoms with Crippen molar-refractivity contribution in [3.63, 3.8) is 0 Å². The van der Waals surface area contributed by atoms with E-state index in [1.54, 1.807) is 30.3 Å². The average Bonchev–Trinajstić information content (AvgIpc) is 2.45. The highest BCUT2D eigenvalue weighted by atomic mass is 35.5. The predicted molar refractivity (Wildman–Crippen MR) is 75.7 cm³/mol. The van der Waals surface area contributed by atoms with Gasteiger partial charge in [0.1, 0.15) is 0 Å². The molecule has 2 aromatic carbocycles. The summed E-state index contributed by atoms with van der Waals surface area (Å²) in [6, 6.07) is 16.2. The van der Waals surface area contributed by atoms with Crippen molar-refractivity contribution in [3.05, 3.63) is 71.3 Å². The molecular formula is C15H12ClNO2. The maximum absolute atomic E-state index is 11.5. The summed E-state index contributed by atoms with van der Waals surface area (Å²) >= 11 is 5.74. The van der Waals surface area contributed by atoms with Gasteiger partial charge in [0, 0.05) is 11.1 Å². The molecule has 0 heterocycles. The zero-order chi connectivity index (χ0) is 13.5. The number of hydroxylamine groups is 1. The molecule has 0 unspecified atom stereocenters. The first-order valence-corrected chi connectivity index (χ1v) is 6.07. The van der Waals surface area contributed by atoms with Crippen LogP contribution in [0.25, 0.3) is 6.08 Å². The van der Waals surface area contributed by atoms with Gasteiger partial charge in [-0.25, -0.2) is 0 Å². The molecule has 0 aliphatic carbocycles. The molecule has 0 radical (unpaired) electrons. The Labute approximate surface area is 116 Å². The van der Waals surface area contributed by atoms with E-state index in [2.05, 4.69) is 5.48 Å². The van der Waals surface area contributed by atoms with E-state index in [1.165, 1.54) is 6.08 Å². The van der Waals surface area contributed by atoms with E-state index in [9.17, 15) is 4.79 Å². The second-order valence-corrected chi connectivity index (χ2v) is 4.20. The standard InChI is InChI=1S/C15H12ClNO2/c16-13-7-9-14(10-8-13)19-17-15(18)11-6-12-4-2-1-3-5-12/h1-11H,(H,17,18)/b11-6+. The molecule has 1 N–H and O–H groups in total. The van der Waals surface area contributed by atoms with E-state index >= 15 is 0 Å². The average molecular weight is 274 g/mol. The first-order valence-electron chi connectivity index (χ1n) is 5.69. The third-order valence-corrected chi connectivity index (χ3v) is 2.56. The van der Waals surface area contributed by atoms with E-state index in [0.717, 1.165) is 5.56 Å². The molecule has 3 nitrogen and oxygen atoms in total. The molecule has 19 heavy (non-hydrogen) atoms. The van der Waals surface area contributed by atoms with Crippen molar-refractivity contribution >= 4 is 23.6 Å². The van der Waals surface area contributed by atoms with Crippen molar-refractivity contribution in [1.29, 1.82) is 0 Å². The quantitative estimate of drug-likeness (QED) is 0.684. The zero-order valence-electron chi connectivity index (χ0n) is 10.0. The lowest BCUT2D eigenvalue weighted by Crippen LogP contribution is -2.24. The van der Waals surface area contributed by atoms with Gasteiger partial charge in [-0.05, 0) is 35.9 Å². The zero-order valence-corrected chi connectivity index (χ0v) is 10.8. The lowest BCUT2D eigenvalue weighted by Gasteiger charge is -2.04. The second-order valence-electron chi connectivity index (χ2n) is 3.77. The summed E-state index contributed by atoms with van der Waals surface area (Å²) in [5, 5.41) is 0.614. The Bertz CT molecular complexity index is 564. The van der Waals surface area contributed by atoms with Crippen molar-refractivity contribution in [3.8, 4) is 5.75 Å². The molecule has 2 aromatic rings. The summed E-state index contributed by atoms with van der Waals surface area (Å²) in [6.07, 6.45) is 3.12. The van der Waals surface area contributed by atoms with Gasteiger partial charge in [0.15, 0.2) is 5.75 Å².